The van der Waals surface area contributed by atoms with E-state index < -0.39 is 10.0 Å². The summed E-state index contributed by atoms with van der Waals surface area (Å²) in [6.07, 6.45) is 6.59. The van der Waals surface area contributed by atoms with Crippen LogP contribution < -0.4 is 9.80 Å². The van der Waals surface area contributed by atoms with E-state index in [1.807, 2.05) is 18.3 Å². The molecule has 0 aliphatic carbocycles. The predicted octanol–water partition coefficient (Wildman–Crippen LogP) is 9.26. The Morgan fingerprint density at radius 3 is 2.23 bits per heavy atom. The maximum Gasteiger partial charge on any atom is 0.135 e. The van der Waals surface area contributed by atoms with Gasteiger partial charge in [-0.25, -0.2) is 15.0 Å². The van der Waals surface area contributed by atoms with Gasteiger partial charge in [-0.1, -0.05) is 62.7 Å². The van der Waals surface area contributed by atoms with Gasteiger partial charge in [0, 0.05) is 44.2 Å². The van der Waals surface area contributed by atoms with Crippen LogP contribution in [0.15, 0.2) is 107 Å². The molecule has 222 valence electrons. The maximum atomic E-state index is 4.72. The summed E-state index contributed by atoms with van der Waals surface area (Å²) in [7, 11) is 0.613. The van der Waals surface area contributed by atoms with Gasteiger partial charge in [0.2, 0.25) is 0 Å². The van der Waals surface area contributed by atoms with E-state index in [1.54, 1.807) is 0 Å². The second-order valence-corrected chi connectivity index (χ2v) is 15.9. The molecule has 1 aliphatic heterocycles. The summed E-state index contributed by atoms with van der Waals surface area (Å²) in [6, 6.07) is 40.2. The van der Waals surface area contributed by atoms with Crippen LogP contribution in [0.1, 0.15) is 26.3 Å². The van der Waals surface area contributed by atoms with Gasteiger partial charge in [-0.15, -0.1) is 44.6 Å². The van der Waals surface area contributed by atoms with E-state index in [0.29, 0.717) is 0 Å². The van der Waals surface area contributed by atoms with Crippen LogP contribution in [0, 0.1) is 18.8 Å². The molecule has 4 nitrogen and oxygen atoms in total. The number of pyridine rings is 1. The van der Waals surface area contributed by atoms with Crippen molar-refractivity contribution >= 4 is 48.9 Å². The molecule has 43 heavy (non-hydrogen) atoms. The Balaban J connectivity index is 0.00000329. The van der Waals surface area contributed by atoms with Gasteiger partial charge in [0.05, 0.1) is 0 Å². The molecule has 2 aromatic heterocycles. The van der Waals surface area contributed by atoms with Crippen LogP contribution in [0.4, 0.5) is 17.1 Å². The number of anilines is 3. The van der Waals surface area contributed by atoms with Crippen molar-refractivity contribution in [2.75, 3.05) is 29.4 Å². The zero-order chi connectivity index (χ0) is 29.2. The van der Waals surface area contributed by atoms with E-state index in [1.165, 1.54) is 37.5 Å². The number of nitrogens with zero attached hydrogens (tertiary/aromatic N) is 4. The number of rotatable bonds is 4. The third-order valence-corrected chi connectivity index (χ3v) is 11.0. The molecule has 0 N–H and O–H groups in total. The molecule has 7 rings (SSSR count). The molecule has 6 aromatic rings. The summed E-state index contributed by atoms with van der Waals surface area (Å²) in [5.74, 6) is 0.904. The molecule has 3 heterocycles. The monoisotopic (exact) mass is 762 g/mol. The zero-order valence-electron chi connectivity index (χ0n) is 25.3. The zero-order valence-corrected chi connectivity index (χ0v) is 28.4. The van der Waals surface area contributed by atoms with Crippen molar-refractivity contribution in [2.45, 2.75) is 36.0 Å². The molecule has 6 heteroatoms. The molecule has 0 unspecified atom stereocenters. The summed E-state index contributed by atoms with van der Waals surface area (Å²) < 4.78 is 2.25. The van der Waals surface area contributed by atoms with Crippen LogP contribution in [0.3, 0.4) is 0 Å². The number of aromatic nitrogens is 2. The Morgan fingerprint density at radius 1 is 0.767 bits per heavy atom. The normalized spacial score (nSPS) is 13.8. The topological polar surface area (TPSA) is 24.3 Å². The minimum absolute atomic E-state index is 0. The van der Waals surface area contributed by atoms with E-state index >= 15 is 0 Å². The van der Waals surface area contributed by atoms with Crippen LogP contribution in [0.5, 0.6) is 0 Å². The second-order valence-electron chi connectivity index (χ2n) is 12.4. The van der Waals surface area contributed by atoms with Crippen LogP contribution in [0.25, 0.3) is 27.6 Å². The summed E-state index contributed by atoms with van der Waals surface area (Å²) in [5, 5.41) is 2.40. The van der Waals surface area contributed by atoms with E-state index in [-0.39, 0.29) is 26.5 Å². The first-order chi connectivity index (χ1) is 20.1. The minimum atomic E-state index is -1.49. The number of hydrogen-bond acceptors (Lipinski definition) is 3. The minimum Gasteiger partial charge on any atom is -0.504 e. The number of fused-ring (bicyclic) bond motifs is 4. The molecule has 0 atom stereocenters. The third kappa shape index (κ3) is 4.97. The second kappa shape index (κ2) is 10.9. The van der Waals surface area contributed by atoms with Crippen molar-refractivity contribution in [3.63, 3.8) is 0 Å². The quantitative estimate of drug-likeness (QED) is 0.168. The van der Waals surface area contributed by atoms with Crippen molar-refractivity contribution in [2.24, 2.45) is 0 Å². The van der Waals surface area contributed by atoms with E-state index in [0.717, 1.165) is 22.5 Å². The molecule has 4 aromatic carbocycles. The standard InChI is InChI=1S/C37H35N4S.Pt/c1-37(2,3)26-21-27(40-25-39(4)33-15-9-10-16-34(33)40)23-29(22-26)42(5,6)28-18-19-31-30-13-7-8-14-32(30)41(35(31)24-28)36-17-11-12-20-38-36;/h7-22,25H,1-6H3;/q-3;. The molecule has 1 aliphatic rings. The molecule has 0 fully saturated rings. The van der Waals surface area contributed by atoms with Gasteiger partial charge in [-0.05, 0) is 60.7 Å². The summed E-state index contributed by atoms with van der Waals surface area (Å²) >= 11 is 0. The average Bonchev–Trinajstić information content (AvgIpc) is 3.51. The van der Waals surface area contributed by atoms with Crippen LogP contribution in [-0.4, -0.2) is 29.1 Å². The van der Waals surface area contributed by atoms with Crippen molar-refractivity contribution in [3.8, 4) is 5.82 Å². The van der Waals surface area contributed by atoms with Crippen molar-refractivity contribution < 1.29 is 21.1 Å². The van der Waals surface area contributed by atoms with Crippen molar-refractivity contribution in [1.82, 2.24) is 9.55 Å². The van der Waals surface area contributed by atoms with Gasteiger partial charge in [0.1, 0.15) is 5.82 Å². The average molecular weight is 763 g/mol. The van der Waals surface area contributed by atoms with E-state index in [2.05, 4.69) is 152 Å². The largest absolute Gasteiger partial charge is 0.504 e. The Hall–Kier alpha value is -3.53. The fourth-order valence-corrected chi connectivity index (χ4v) is 7.61. The number of hydrogen-bond donors (Lipinski definition) is 0. The van der Waals surface area contributed by atoms with Crippen LogP contribution in [0.2, 0.25) is 0 Å². The van der Waals surface area contributed by atoms with Crippen LogP contribution >= 0.6 is 10.0 Å². The van der Waals surface area contributed by atoms with E-state index in [4.69, 9.17) is 4.98 Å². The van der Waals surface area contributed by atoms with Gasteiger partial charge in [-0.3, -0.25) is 0 Å². The predicted molar refractivity (Wildman–Crippen MR) is 179 cm³/mol. The Morgan fingerprint density at radius 2 is 1.49 bits per heavy atom. The fourth-order valence-electron chi connectivity index (χ4n) is 5.84. The third-order valence-electron chi connectivity index (χ3n) is 8.30. The van der Waals surface area contributed by atoms with E-state index in [9.17, 15) is 0 Å². The summed E-state index contributed by atoms with van der Waals surface area (Å²) in [6.45, 7) is 9.03. The van der Waals surface area contributed by atoms with Crippen molar-refractivity contribution in [1.29, 1.82) is 0 Å². The first-order valence-corrected chi connectivity index (χ1v) is 16.7. The first kappa shape index (κ1) is 29.5. The molecule has 0 saturated carbocycles. The maximum absolute atomic E-state index is 4.72. The summed E-state index contributed by atoms with van der Waals surface area (Å²) in [5.41, 5.74) is 6.93. The molecule has 0 saturated heterocycles. The Labute approximate surface area is 270 Å². The molecule has 0 radical (unpaired) electrons. The Kier molecular flexibility index (Phi) is 7.47. The molecular weight excluding hydrogens is 728 g/mol. The molecule has 0 amide bonds. The number of para-hydroxylation sites is 3. The molecule has 0 bridgehead atoms. The smallest absolute Gasteiger partial charge is 0.135 e. The van der Waals surface area contributed by atoms with Gasteiger partial charge in [-0.2, -0.15) is 24.9 Å². The van der Waals surface area contributed by atoms with Gasteiger partial charge >= 0.3 is 0 Å². The van der Waals surface area contributed by atoms with Gasteiger partial charge in [0.25, 0.3) is 0 Å². The van der Waals surface area contributed by atoms with Gasteiger partial charge in [0.15, 0.2) is 0 Å². The van der Waals surface area contributed by atoms with Gasteiger partial charge < -0.3 is 14.4 Å². The summed E-state index contributed by atoms with van der Waals surface area (Å²) in [4.78, 5) is 11.6. The SMILES string of the molecule is CN1[CH-]N(c2[c-]c(S(C)(C)c3[c-]c4c(cc3)c3ccccc3n4-c3ccccn3)cc(C(C)(C)C)c2)c2ccccc21.[Pt]. The Bertz CT molecular complexity index is 1960. The molecular formula is C37H35N4PtS-3. The molecule has 0 spiro atoms. The van der Waals surface area contributed by atoms with Crippen LogP contribution in [-0.2, 0) is 26.5 Å². The fraction of sp³-hybridized carbons (Fsp3) is 0.189. The first-order valence-electron chi connectivity index (χ1n) is 14.3. The number of benzene rings is 4. The van der Waals surface area contributed by atoms with Crippen molar-refractivity contribution in [3.05, 3.63) is 122 Å².